The van der Waals surface area contributed by atoms with Crippen LogP contribution < -0.4 is 0 Å². The van der Waals surface area contributed by atoms with E-state index in [0.717, 1.165) is 32.9 Å². The second-order valence-corrected chi connectivity index (χ2v) is 5.83. The Labute approximate surface area is 88.5 Å². The Kier molecular flexibility index (Phi) is 2.24. The summed E-state index contributed by atoms with van der Waals surface area (Å²) in [4.78, 5) is 1.16. The van der Waals surface area contributed by atoms with Gasteiger partial charge in [0.2, 0.25) is 0 Å². The summed E-state index contributed by atoms with van der Waals surface area (Å²) < 4.78 is 1.71. The van der Waals surface area contributed by atoms with E-state index >= 15 is 0 Å². The second-order valence-electron chi connectivity index (χ2n) is 3.24. The summed E-state index contributed by atoms with van der Waals surface area (Å²) in [5.41, 5.74) is -0.409. The highest BCUT2D eigenvalue weighted by molar-refractivity contribution is 9.10. The Morgan fingerprint density at radius 1 is 1.67 bits per heavy atom. The molecule has 0 amide bonds. The summed E-state index contributed by atoms with van der Waals surface area (Å²) in [6.07, 6.45) is 2.61. The van der Waals surface area contributed by atoms with Gasteiger partial charge in [0.1, 0.15) is 4.34 Å². The maximum Gasteiger partial charge on any atom is 0.107 e. The zero-order chi connectivity index (χ0) is 8.77. The molecule has 1 fully saturated rings. The molecule has 0 radical (unpaired) electrons. The van der Waals surface area contributed by atoms with Gasteiger partial charge in [-0.15, -0.1) is 11.3 Å². The van der Waals surface area contributed by atoms with Gasteiger partial charge in [0.25, 0.3) is 0 Å². The molecule has 1 saturated carbocycles. The molecule has 66 valence electrons. The fourth-order valence-electron chi connectivity index (χ4n) is 1.12. The standard InChI is InChI=1S/C8H8BrClOS/c9-6-3-5(12-7(6)10)4-8(11)1-2-8/h3,11H,1-2,4H2. The van der Waals surface area contributed by atoms with Gasteiger partial charge >= 0.3 is 0 Å². The Morgan fingerprint density at radius 2 is 2.33 bits per heavy atom. The summed E-state index contributed by atoms with van der Waals surface area (Å²) in [6, 6.07) is 1.99. The van der Waals surface area contributed by atoms with Crippen molar-refractivity contribution < 1.29 is 5.11 Å². The molecule has 1 aliphatic carbocycles. The van der Waals surface area contributed by atoms with Crippen LogP contribution in [-0.4, -0.2) is 10.7 Å². The lowest BCUT2D eigenvalue weighted by molar-refractivity contribution is 0.152. The SMILES string of the molecule is OC1(Cc2cc(Br)c(Cl)s2)CC1. The average molecular weight is 268 g/mol. The maximum absolute atomic E-state index is 9.63. The van der Waals surface area contributed by atoms with Crippen molar-refractivity contribution in [2.75, 3.05) is 0 Å². The van der Waals surface area contributed by atoms with Gasteiger partial charge in [-0.1, -0.05) is 11.6 Å². The first-order valence-corrected chi connectivity index (χ1v) is 5.74. The Morgan fingerprint density at radius 3 is 2.75 bits per heavy atom. The van der Waals surface area contributed by atoms with Gasteiger partial charge in [-0.3, -0.25) is 0 Å². The summed E-state index contributed by atoms with van der Waals surface area (Å²) in [6.45, 7) is 0. The molecule has 1 N–H and O–H groups in total. The zero-order valence-electron chi connectivity index (χ0n) is 6.31. The van der Waals surface area contributed by atoms with Crippen LogP contribution in [0.1, 0.15) is 17.7 Å². The van der Waals surface area contributed by atoms with Gasteiger partial charge < -0.3 is 5.11 Å². The highest BCUT2D eigenvalue weighted by Gasteiger charge is 2.40. The van der Waals surface area contributed by atoms with Crippen molar-refractivity contribution in [1.29, 1.82) is 0 Å². The molecule has 0 spiro atoms. The molecule has 2 rings (SSSR count). The first-order valence-electron chi connectivity index (χ1n) is 3.75. The van der Waals surface area contributed by atoms with Crippen molar-refractivity contribution in [2.24, 2.45) is 0 Å². The Balaban J connectivity index is 2.13. The first kappa shape index (κ1) is 9.00. The van der Waals surface area contributed by atoms with Crippen LogP contribution in [0.4, 0.5) is 0 Å². The van der Waals surface area contributed by atoms with E-state index in [0.29, 0.717) is 0 Å². The molecule has 0 bridgehead atoms. The molecule has 0 atom stereocenters. The minimum atomic E-state index is -0.409. The fourth-order valence-corrected chi connectivity index (χ4v) is 3.05. The van der Waals surface area contributed by atoms with Crippen molar-refractivity contribution in [1.82, 2.24) is 0 Å². The van der Waals surface area contributed by atoms with Crippen LogP contribution in [0.25, 0.3) is 0 Å². The minimum absolute atomic E-state index is 0.409. The molecule has 0 aromatic carbocycles. The van der Waals surface area contributed by atoms with Crippen LogP contribution >= 0.6 is 38.9 Å². The second kappa shape index (κ2) is 2.98. The third-order valence-electron chi connectivity index (χ3n) is 2.03. The third-order valence-corrected chi connectivity index (χ3v) is 4.50. The van der Waals surface area contributed by atoms with Gasteiger partial charge in [-0.2, -0.15) is 0 Å². The van der Waals surface area contributed by atoms with Gasteiger partial charge in [-0.25, -0.2) is 0 Å². The van der Waals surface area contributed by atoms with Crippen LogP contribution in [0, 0.1) is 0 Å². The molecular formula is C8H8BrClOS. The average Bonchev–Trinajstić information content (AvgIpc) is 2.59. The molecule has 1 aromatic rings. The quantitative estimate of drug-likeness (QED) is 0.872. The van der Waals surface area contributed by atoms with Crippen LogP contribution in [-0.2, 0) is 6.42 Å². The maximum atomic E-state index is 9.63. The van der Waals surface area contributed by atoms with Crippen LogP contribution in [0.3, 0.4) is 0 Å². The van der Waals surface area contributed by atoms with Crippen molar-refractivity contribution in [2.45, 2.75) is 24.9 Å². The van der Waals surface area contributed by atoms with E-state index in [1.165, 1.54) is 11.3 Å². The molecule has 1 nitrogen and oxygen atoms in total. The van der Waals surface area contributed by atoms with E-state index in [9.17, 15) is 5.11 Å². The van der Waals surface area contributed by atoms with Crippen molar-refractivity contribution in [3.63, 3.8) is 0 Å². The van der Waals surface area contributed by atoms with E-state index in [2.05, 4.69) is 15.9 Å². The van der Waals surface area contributed by atoms with Gasteiger partial charge in [0.15, 0.2) is 0 Å². The molecule has 0 unspecified atom stereocenters. The number of halogens is 2. The summed E-state index contributed by atoms with van der Waals surface area (Å²) in [7, 11) is 0. The van der Waals surface area contributed by atoms with Crippen LogP contribution in [0.15, 0.2) is 10.5 Å². The van der Waals surface area contributed by atoms with Gasteiger partial charge in [0, 0.05) is 15.8 Å². The normalized spacial score (nSPS) is 19.6. The summed E-state index contributed by atoms with van der Waals surface area (Å²) in [5, 5.41) is 9.63. The third kappa shape index (κ3) is 1.84. The van der Waals surface area contributed by atoms with Crippen molar-refractivity contribution in [3.8, 4) is 0 Å². The topological polar surface area (TPSA) is 20.2 Å². The van der Waals surface area contributed by atoms with Gasteiger partial charge in [-0.05, 0) is 34.8 Å². The molecule has 12 heavy (non-hydrogen) atoms. The highest BCUT2D eigenvalue weighted by Crippen LogP contribution is 2.41. The molecular weight excluding hydrogens is 260 g/mol. The van der Waals surface area contributed by atoms with E-state index in [1.807, 2.05) is 6.07 Å². The van der Waals surface area contributed by atoms with E-state index in [-0.39, 0.29) is 0 Å². The number of thiophene rings is 1. The Hall–Kier alpha value is 0.430. The zero-order valence-corrected chi connectivity index (χ0v) is 9.47. The lowest BCUT2D eigenvalue weighted by Crippen LogP contribution is -2.09. The fraction of sp³-hybridized carbons (Fsp3) is 0.500. The van der Waals surface area contributed by atoms with Crippen molar-refractivity contribution in [3.05, 3.63) is 19.8 Å². The first-order chi connectivity index (χ1) is 5.59. The Bertz CT molecular complexity index is 287. The summed E-state index contributed by atoms with van der Waals surface area (Å²) >= 11 is 10.7. The number of aliphatic hydroxyl groups is 1. The molecule has 0 aliphatic heterocycles. The summed E-state index contributed by atoms with van der Waals surface area (Å²) in [5.74, 6) is 0. The largest absolute Gasteiger partial charge is 0.390 e. The molecule has 1 heterocycles. The smallest absolute Gasteiger partial charge is 0.107 e. The van der Waals surface area contributed by atoms with Crippen molar-refractivity contribution >= 4 is 38.9 Å². The van der Waals surface area contributed by atoms with Crippen LogP contribution in [0.5, 0.6) is 0 Å². The lowest BCUT2D eigenvalue weighted by atomic mass is 10.2. The lowest BCUT2D eigenvalue weighted by Gasteiger charge is -2.02. The molecule has 0 saturated heterocycles. The predicted molar refractivity (Wildman–Crippen MR) is 54.9 cm³/mol. The number of hydrogen-bond donors (Lipinski definition) is 1. The minimum Gasteiger partial charge on any atom is -0.390 e. The monoisotopic (exact) mass is 266 g/mol. The number of hydrogen-bond acceptors (Lipinski definition) is 2. The van der Waals surface area contributed by atoms with E-state index in [1.54, 1.807) is 0 Å². The predicted octanol–water partition coefficient (Wildman–Crippen LogP) is 3.23. The van der Waals surface area contributed by atoms with E-state index in [4.69, 9.17) is 11.6 Å². The van der Waals surface area contributed by atoms with Crippen LogP contribution in [0.2, 0.25) is 4.34 Å². The number of rotatable bonds is 2. The molecule has 4 heteroatoms. The highest BCUT2D eigenvalue weighted by atomic mass is 79.9. The molecule has 1 aromatic heterocycles. The van der Waals surface area contributed by atoms with Gasteiger partial charge in [0.05, 0.1) is 5.60 Å². The molecule has 1 aliphatic rings. The van der Waals surface area contributed by atoms with E-state index < -0.39 is 5.60 Å².